The van der Waals surface area contributed by atoms with Gasteiger partial charge in [-0.3, -0.25) is 14.5 Å². The summed E-state index contributed by atoms with van der Waals surface area (Å²) in [6.07, 6.45) is 0. The molecule has 3 aromatic rings. The van der Waals surface area contributed by atoms with Gasteiger partial charge >= 0.3 is 0 Å². The molecule has 4 rings (SSSR count). The van der Waals surface area contributed by atoms with Crippen molar-refractivity contribution in [1.29, 1.82) is 0 Å². The molecule has 1 amide bonds. The topological polar surface area (TPSA) is 76.1 Å². The molecule has 0 saturated carbocycles. The second-order valence-corrected chi connectivity index (χ2v) is 8.94. The molecule has 0 bridgehead atoms. The fourth-order valence-corrected chi connectivity index (χ4v) is 4.67. The van der Waals surface area contributed by atoms with Gasteiger partial charge in [-0.1, -0.05) is 24.3 Å². The molecule has 0 aliphatic carbocycles. The molecule has 1 fully saturated rings. The molecular formula is C27H24BrNO5. The number of nitrogens with zero attached hydrogens (tertiary/aromatic N) is 1. The molecule has 174 valence electrons. The van der Waals surface area contributed by atoms with Crippen LogP contribution in [0.1, 0.15) is 28.3 Å². The smallest absolute Gasteiger partial charge is 0.300 e. The van der Waals surface area contributed by atoms with Crippen LogP contribution in [0.5, 0.6) is 11.5 Å². The Balaban J connectivity index is 1.96. The highest BCUT2D eigenvalue weighted by atomic mass is 79.9. The van der Waals surface area contributed by atoms with Crippen LogP contribution in [0.25, 0.3) is 5.76 Å². The Kier molecular flexibility index (Phi) is 6.48. The maximum Gasteiger partial charge on any atom is 0.300 e. The Labute approximate surface area is 206 Å². The Morgan fingerprint density at radius 2 is 1.65 bits per heavy atom. The van der Waals surface area contributed by atoms with E-state index in [1.807, 2.05) is 32.0 Å². The number of amides is 1. The normalized spacial score (nSPS) is 17.2. The van der Waals surface area contributed by atoms with Gasteiger partial charge in [-0.2, -0.15) is 0 Å². The summed E-state index contributed by atoms with van der Waals surface area (Å²) >= 11 is 3.42. The molecule has 1 aliphatic heterocycles. The number of anilines is 1. The van der Waals surface area contributed by atoms with E-state index < -0.39 is 17.7 Å². The lowest BCUT2D eigenvalue weighted by Gasteiger charge is -2.27. The van der Waals surface area contributed by atoms with E-state index in [2.05, 4.69) is 15.9 Å². The second kappa shape index (κ2) is 9.35. The van der Waals surface area contributed by atoms with E-state index in [0.29, 0.717) is 32.8 Å². The van der Waals surface area contributed by atoms with Crippen molar-refractivity contribution in [3.63, 3.8) is 0 Å². The van der Waals surface area contributed by atoms with E-state index in [1.165, 1.54) is 4.90 Å². The number of aryl methyl sites for hydroxylation is 2. The zero-order chi connectivity index (χ0) is 24.6. The molecule has 0 aromatic heterocycles. The number of ketones is 1. The first-order chi connectivity index (χ1) is 16.3. The molecule has 34 heavy (non-hydrogen) atoms. The third-order valence-corrected chi connectivity index (χ3v) is 6.55. The highest BCUT2D eigenvalue weighted by molar-refractivity contribution is 9.10. The lowest BCUT2D eigenvalue weighted by Crippen LogP contribution is -2.30. The van der Waals surface area contributed by atoms with E-state index in [9.17, 15) is 14.7 Å². The Bertz CT molecular complexity index is 1310. The molecule has 7 heteroatoms. The standard InChI is InChI=1S/C27H24BrNO5/c1-15-5-6-16(2)21(13-15)29-24(17-7-10-19(33-3)11-8-17)23(26(31)27(29)32)25(30)18-9-12-22(34-4)20(28)14-18/h5-14,24,30H,1-4H3/b25-23-. The second-order valence-electron chi connectivity index (χ2n) is 8.08. The summed E-state index contributed by atoms with van der Waals surface area (Å²) < 4.78 is 11.2. The molecule has 0 radical (unpaired) electrons. The molecule has 1 atom stereocenters. The number of methoxy groups -OCH3 is 2. The van der Waals surface area contributed by atoms with E-state index in [-0.39, 0.29) is 11.3 Å². The van der Waals surface area contributed by atoms with Crippen LogP contribution in [-0.4, -0.2) is 31.0 Å². The highest BCUT2D eigenvalue weighted by Crippen LogP contribution is 2.44. The maximum atomic E-state index is 13.4. The highest BCUT2D eigenvalue weighted by Gasteiger charge is 2.47. The van der Waals surface area contributed by atoms with Crippen molar-refractivity contribution in [2.24, 2.45) is 0 Å². The Hall–Kier alpha value is -3.58. The first-order valence-corrected chi connectivity index (χ1v) is 11.4. The number of benzene rings is 3. The maximum absolute atomic E-state index is 13.4. The SMILES string of the molecule is COc1ccc(C2/C(=C(/O)c3ccc(OC)c(Br)c3)C(=O)C(=O)N2c2cc(C)ccc2C)cc1. The monoisotopic (exact) mass is 521 g/mol. The summed E-state index contributed by atoms with van der Waals surface area (Å²) in [5.41, 5.74) is 3.51. The van der Waals surface area contributed by atoms with Crippen LogP contribution in [0.3, 0.4) is 0 Å². The van der Waals surface area contributed by atoms with Crippen molar-refractivity contribution in [3.8, 4) is 11.5 Å². The molecule has 1 N–H and O–H groups in total. The van der Waals surface area contributed by atoms with Gasteiger partial charge < -0.3 is 14.6 Å². The Morgan fingerprint density at radius 1 is 0.941 bits per heavy atom. The fourth-order valence-electron chi connectivity index (χ4n) is 4.13. The van der Waals surface area contributed by atoms with Crippen LogP contribution >= 0.6 is 15.9 Å². The van der Waals surface area contributed by atoms with Crippen LogP contribution in [0.15, 0.2) is 70.7 Å². The van der Waals surface area contributed by atoms with Gasteiger partial charge in [0.2, 0.25) is 0 Å². The molecule has 1 saturated heterocycles. The lowest BCUT2D eigenvalue weighted by molar-refractivity contribution is -0.132. The fraction of sp³-hybridized carbons (Fsp3) is 0.185. The minimum atomic E-state index is -0.813. The largest absolute Gasteiger partial charge is 0.507 e. The van der Waals surface area contributed by atoms with E-state index >= 15 is 0 Å². The summed E-state index contributed by atoms with van der Waals surface area (Å²) in [4.78, 5) is 28.2. The van der Waals surface area contributed by atoms with Crippen molar-refractivity contribution in [2.75, 3.05) is 19.1 Å². The van der Waals surface area contributed by atoms with Gasteiger partial charge in [0.15, 0.2) is 0 Å². The third-order valence-electron chi connectivity index (χ3n) is 5.93. The first kappa shape index (κ1) is 23.6. The van der Waals surface area contributed by atoms with Gasteiger partial charge in [0.1, 0.15) is 17.3 Å². The number of rotatable bonds is 5. The average Bonchev–Trinajstić information content (AvgIpc) is 3.10. The zero-order valence-corrected chi connectivity index (χ0v) is 20.8. The van der Waals surface area contributed by atoms with Gasteiger partial charge in [0, 0.05) is 11.3 Å². The average molecular weight is 522 g/mol. The minimum absolute atomic E-state index is 0.0214. The summed E-state index contributed by atoms with van der Waals surface area (Å²) in [5.74, 6) is -0.462. The number of hydrogen-bond donors (Lipinski definition) is 1. The van der Waals surface area contributed by atoms with E-state index in [1.54, 1.807) is 56.7 Å². The molecule has 6 nitrogen and oxygen atoms in total. The van der Waals surface area contributed by atoms with Crippen LogP contribution in [0, 0.1) is 13.8 Å². The number of ether oxygens (including phenoxy) is 2. The van der Waals surface area contributed by atoms with Crippen LogP contribution in [0.4, 0.5) is 5.69 Å². The number of carbonyl (C=O) groups excluding carboxylic acids is 2. The molecule has 1 heterocycles. The predicted octanol–water partition coefficient (Wildman–Crippen LogP) is 5.71. The predicted molar refractivity (Wildman–Crippen MR) is 134 cm³/mol. The summed E-state index contributed by atoms with van der Waals surface area (Å²) in [5, 5.41) is 11.3. The molecule has 1 aliphatic rings. The van der Waals surface area contributed by atoms with Crippen molar-refractivity contribution < 1.29 is 24.2 Å². The zero-order valence-electron chi connectivity index (χ0n) is 19.3. The van der Waals surface area contributed by atoms with E-state index in [0.717, 1.165) is 11.1 Å². The molecule has 1 unspecified atom stereocenters. The number of hydrogen-bond acceptors (Lipinski definition) is 5. The molecule has 0 spiro atoms. The van der Waals surface area contributed by atoms with Gasteiger partial charge in [-0.15, -0.1) is 0 Å². The number of aliphatic hydroxyl groups is 1. The summed E-state index contributed by atoms with van der Waals surface area (Å²) in [7, 11) is 3.11. The summed E-state index contributed by atoms with van der Waals surface area (Å²) in [6.45, 7) is 3.82. The van der Waals surface area contributed by atoms with Gasteiger partial charge in [-0.25, -0.2) is 0 Å². The van der Waals surface area contributed by atoms with Gasteiger partial charge in [0.05, 0.1) is 30.3 Å². The Morgan fingerprint density at radius 3 is 2.26 bits per heavy atom. The first-order valence-electron chi connectivity index (χ1n) is 10.6. The van der Waals surface area contributed by atoms with Crippen LogP contribution in [0.2, 0.25) is 0 Å². The van der Waals surface area contributed by atoms with Crippen molar-refractivity contribution in [2.45, 2.75) is 19.9 Å². The number of Topliss-reactive ketones (excluding diaryl/α,β-unsaturated/α-hetero) is 1. The third kappa shape index (κ3) is 4.07. The number of carbonyl (C=O) groups is 2. The van der Waals surface area contributed by atoms with Crippen LogP contribution in [-0.2, 0) is 9.59 Å². The van der Waals surface area contributed by atoms with Crippen molar-refractivity contribution >= 4 is 39.1 Å². The number of aliphatic hydroxyl groups excluding tert-OH is 1. The number of halogens is 1. The van der Waals surface area contributed by atoms with Crippen molar-refractivity contribution in [1.82, 2.24) is 0 Å². The summed E-state index contributed by atoms with van der Waals surface area (Å²) in [6, 6.07) is 17.0. The van der Waals surface area contributed by atoms with Crippen LogP contribution < -0.4 is 14.4 Å². The van der Waals surface area contributed by atoms with Gasteiger partial charge in [-0.05, 0) is 82.9 Å². The minimum Gasteiger partial charge on any atom is -0.507 e. The van der Waals surface area contributed by atoms with E-state index in [4.69, 9.17) is 9.47 Å². The molecule has 3 aromatic carbocycles. The lowest BCUT2D eigenvalue weighted by atomic mass is 9.94. The quantitative estimate of drug-likeness (QED) is 0.264. The molecular weight excluding hydrogens is 498 g/mol. The van der Waals surface area contributed by atoms with Crippen molar-refractivity contribution in [3.05, 3.63) is 93.0 Å². The van der Waals surface area contributed by atoms with Gasteiger partial charge in [0.25, 0.3) is 11.7 Å².